The fraction of sp³-hybridized carbons (Fsp3) is 0.214. The molecule has 2 heterocycles. The van der Waals surface area contributed by atoms with E-state index in [1.165, 1.54) is 12.1 Å². The summed E-state index contributed by atoms with van der Waals surface area (Å²) in [4.78, 5) is 16.5. The first-order chi connectivity index (χ1) is 11.5. The van der Waals surface area contributed by atoms with Gasteiger partial charge in [0.1, 0.15) is 5.75 Å². The number of benzene rings is 1. The summed E-state index contributed by atoms with van der Waals surface area (Å²) in [5.41, 5.74) is 0.827. The molecule has 3 aromatic rings. The highest BCUT2D eigenvalue weighted by atomic mass is 79.9. The maximum Gasteiger partial charge on any atom is 0.387 e. The molecule has 0 radical (unpaired) electrons. The van der Waals surface area contributed by atoms with Crippen LogP contribution in [0.2, 0.25) is 0 Å². The standard InChI is InChI=1S/C14H11BrF2N4O2S/c1-2-21-6-8(15)11(20-21)12(22)19-14-18-9-4-3-7(23-13(16)17)5-10(9)24-14/h3-6,13H,2H2,1H3,(H,18,19,22). The van der Waals surface area contributed by atoms with Crippen molar-refractivity contribution in [3.05, 3.63) is 34.6 Å². The van der Waals surface area contributed by atoms with E-state index in [0.29, 0.717) is 26.4 Å². The molecule has 0 aliphatic rings. The quantitative estimate of drug-likeness (QED) is 0.678. The number of fused-ring (bicyclic) bond motifs is 1. The van der Waals surface area contributed by atoms with Crippen molar-refractivity contribution in [2.45, 2.75) is 20.1 Å². The lowest BCUT2D eigenvalue weighted by atomic mass is 10.3. The van der Waals surface area contributed by atoms with Gasteiger partial charge in [0.05, 0.1) is 14.7 Å². The van der Waals surface area contributed by atoms with Gasteiger partial charge >= 0.3 is 6.61 Å². The van der Waals surface area contributed by atoms with Crippen molar-refractivity contribution in [1.82, 2.24) is 14.8 Å². The molecule has 0 aliphatic heterocycles. The monoisotopic (exact) mass is 416 g/mol. The predicted molar refractivity (Wildman–Crippen MR) is 89.8 cm³/mol. The van der Waals surface area contributed by atoms with Gasteiger partial charge in [0.2, 0.25) is 0 Å². The number of hydrogen-bond donors (Lipinski definition) is 1. The Bertz CT molecular complexity index is 896. The average molecular weight is 417 g/mol. The number of anilines is 1. The van der Waals surface area contributed by atoms with Gasteiger partial charge in [-0.15, -0.1) is 0 Å². The fourth-order valence-electron chi connectivity index (χ4n) is 2.00. The van der Waals surface area contributed by atoms with E-state index in [1.54, 1.807) is 16.9 Å². The van der Waals surface area contributed by atoms with Crippen LogP contribution in [0.25, 0.3) is 10.2 Å². The zero-order chi connectivity index (χ0) is 17.3. The second-order valence-corrected chi connectivity index (χ2v) is 6.55. The van der Waals surface area contributed by atoms with E-state index in [2.05, 4.69) is 36.1 Å². The summed E-state index contributed by atoms with van der Waals surface area (Å²) in [7, 11) is 0. The third-order valence-electron chi connectivity index (χ3n) is 3.06. The lowest BCUT2D eigenvalue weighted by molar-refractivity contribution is -0.0497. The number of alkyl halides is 2. The van der Waals surface area contributed by atoms with E-state index in [9.17, 15) is 13.6 Å². The van der Waals surface area contributed by atoms with Crippen LogP contribution in [0.3, 0.4) is 0 Å². The van der Waals surface area contributed by atoms with Crippen molar-refractivity contribution in [3.63, 3.8) is 0 Å². The summed E-state index contributed by atoms with van der Waals surface area (Å²) in [6.07, 6.45) is 1.71. The lowest BCUT2D eigenvalue weighted by Gasteiger charge is -2.02. The Morgan fingerprint density at radius 1 is 1.50 bits per heavy atom. The van der Waals surface area contributed by atoms with Crippen molar-refractivity contribution in [2.75, 3.05) is 5.32 Å². The van der Waals surface area contributed by atoms with Crippen LogP contribution in [-0.4, -0.2) is 27.3 Å². The molecule has 0 unspecified atom stereocenters. The van der Waals surface area contributed by atoms with Crippen LogP contribution in [0.15, 0.2) is 28.9 Å². The molecule has 10 heteroatoms. The summed E-state index contributed by atoms with van der Waals surface area (Å²) in [6, 6.07) is 4.41. The number of aryl methyl sites for hydroxylation is 1. The molecule has 0 fully saturated rings. The molecule has 6 nitrogen and oxygen atoms in total. The van der Waals surface area contributed by atoms with E-state index < -0.39 is 12.5 Å². The summed E-state index contributed by atoms with van der Waals surface area (Å²) in [5.74, 6) is -0.361. The van der Waals surface area contributed by atoms with E-state index in [4.69, 9.17) is 0 Å². The Labute approximate surface area is 147 Å². The predicted octanol–water partition coefficient (Wildman–Crippen LogP) is 4.13. The van der Waals surface area contributed by atoms with Crippen LogP contribution in [0.4, 0.5) is 13.9 Å². The van der Waals surface area contributed by atoms with Crippen molar-refractivity contribution < 1.29 is 18.3 Å². The topological polar surface area (TPSA) is 69.0 Å². The summed E-state index contributed by atoms with van der Waals surface area (Å²) in [6.45, 7) is -0.339. The Hall–Kier alpha value is -2.07. The maximum atomic E-state index is 12.3. The zero-order valence-corrected chi connectivity index (χ0v) is 14.7. The number of ether oxygens (including phenoxy) is 1. The maximum absolute atomic E-state index is 12.3. The van der Waals surface area contributed by atoms with Crippen LogP contribution >= 0.6 is 27.3 Å². The smallest absolute Gasteiger partial charge is 0.387 e. The summed E-state index contributed by atoms with van der Waals surface area (Å²) in [5, 5.41) is 7.17. The molecule has 0 spiro atoms. The molecule has 2 aromatic heterocycles. The van der Waals surface area contributed by atoms with Gasteiger partial charge in [0.15, 0.2) is 10.8 Å². The normalized spacial score (nSPS) is 11.2. The minimum atomic E-state index is -2.89. The SMILES string of the molecule is CCn1cc(Br)c(C(=O)Nc2nc3ccc(OC(F)F)cc3s2)n1. The first kappa shape index (κ1) is 16.8. The third-order valence-corrected chi connectivity index (χ3v) is 4.58. The highest BCUT2D eigenvalue weighted by molar-refractivity contribution is 9.10. The number of carbonyl (C=O) groups excluding carboxylic acids is 1. The second kappa shape index (κ2) is 6.81. The molecule has 0 saturated carbocycles. The molecule has 3 rings (SSSR count). The molecule has 126 valence electrons. The van der Waals surface area contributed by atoms with Gasteiger partial charge in [-0.2, -0.15) is 13.9 Å². The van der Waals surface area contributed by atoms with Gasteiger partial charge in [0, 0.05) is 12.7 Å². The van der Waals surface area contributed by atoms with Crippen molar-refractivity contribution in [1.29, 1.82) is 0 Å². The first-order valence-corrected chi connectivity index (χ1v) is 8.47. The molecule has 0 aliphatic carbocycles. The zero-order valence-electron chi connectivity index (χ0n) is 12.3. The lowest BCUT2D eigenvalue weighted by Crippen LogP contribution is -2.13. The molecule has 0 bridgehead atoms. The first-order valence-electron chi connectivity index (χ1n) is 6.86. The number of carbonyl (C=O) groups is 1. The van der Waals surface area contributed by atoms with Crippen LogP contribution < -0.4 is 10.1 Å². The van der Waals surface area contributed by atoms with Gasteiger partial charge in [-0.05, 0) is 41.1 Å². The molecule has 1 amide bonds. The Morgan fingerprint density at radius 2 is 2.29 bits per heavy atom. The van der Waals surface area contributed by atoms with Gasteiger partial charge in [0.25, 0.3) is 5.91 Å². The largest absolute Gasteiger partial charge is 0.435 e. The van der Waals surface area contributed by atoms with Crippen LogP contribution in [-0.2, 0) is 6.54 Å². The Morgan fingerprint density at radius 3 is 2.96 bits per heavy atom. The van der Waals surface area contributed by atoms with Gasteiger partial charge in [-0.25, -0.2) is 4.98 Å². The molecular weight excluding hydrogens is 406 g/mol. The van der Waals surface area contributed by atoms with E-state index in [1.807, 2.05) is 6.92 Å². The van der Waals surface area contributed by atoms with Gasteiger partial charge in [-0.1, -0.05) is 11.3 Å². The number of rotatable bonds is 5. The number of aromatic nitrogens is 3. The van der Waals surface area contributed by atoms with Crippen molar-refractivity contribution >= 4 is 48.5 Å². The van der Waals surface area contributed by atoms with Gasteiger partial charge < -0.3 is 4.74 Å². The molecule has 0 atom stereocenters. The third kappa shape index (κ3) is 3.54. The van der Waals surface area contributed by atoms with Crippen LogP contribution in [0, 0.1) is 0 Å². The van der Waals surface area contributed by atoms with Gasteiger partial charge in [-0.3, -0.25) is 14.8 Å². The van der Waals surface area contributed by atoms with Crippen LogP contribution in [0.5, 0.6) is 5.75 Å². The highest BCUT2D eigenvalue weighted by Gasteiger charge is 2.17. The average Bonchev–Trinajstić information content (AvgIpc) is 3.08. The van der Waals surface area contributed by atoms with E-state index in [-0.39, 0.29) is 11.4 Å². The van der Waals surface area contributed by atoms with Crippen molar-refractivity contribution in [2.24, 2.45) is 0 Å². The molecule has 24 heavy (non-hydrogen) atoms. The molecule has 0 saturated heterocycles. The number of hydrogen-bond acceptors (Lipinski definition) is 5. The number of amides is 1. The number of halogens is 3. The molecule has 1 aromatic carbocycles. The molecule has 1 N–H and O–H groups in total. The summed E-state index contributed by atoms with van der Waals surface area (Å²) >= 11 is 4.45. The number of nitrogens with zero attached hydrogens (tertiary/aromatic N) is 3. The van der Waals surface area contributed by atoms with E-state index in [0.717, 1.165) is 11.3 Å². The fourth-order valence-corrected chi connectivity index (χ4v) is 3.39. The minimum absolute atomic E-state index is 0.0449. The Balaban J connectivity index is 1.81. The second-order valence-electron chi connectivity index (χ2n) is 4.66. The van der Waals surface area contributed by atoms with E-state index >= 15 is 0 Å². The number of nitrogens with one attached hydrogen (secondary N) is 1. The highest BCUT2D eigenvalue weighted by Crippen LogP contribution is 2.30. The van der Waals surface area contributed by atoms with Crippen molar-refractivity contribution in [3.8, 4) is 5.75 Å². The minimum Gasteiger partial charge on any atom is -0.435 e. The van der Waals surface area contributed by atoms with Crippen LogP contribution in [0.1, 0.15) is 17.4 Å². The summed E-state index contributed by atoms with van der Waals surface area (Å²) < 4.78 is 31.7. The molecular formula is C14H11BrF2N4O2S. The Kier molecular flexibility index (Phi) is 4.76. The number of thiazole rings is 1.